The number of carbonyl (C=O) groups is 1. The third-order valence-electron chi connectivity index (χ3n) is 3.81. The van der Waals surface area contributed by atoms with E-state index in [1.165, 1.54) is 0 Å². The van der Waals surface area contributed by atoms with E-state index in [-0.39, 0.29) is 11.9 Å². The predicted molar refractivity (Wildman–Crippen MR) is 96.7 cm³/mol. The van der Waals surface area contributed by atoms with E-state index < -0.39 is 10.0 Å². The number of aryl methyl sites for hydroxylation is 2. The average molecular weight is 346 g/mol. The molecule has 5 nitrogen and oxygen atoms in total. The molecular weight excluding hydrogens is 324 g/mol. The van der Waals surface area contributed by atoms with E-state index in [2.05, 4.69) is 10.0 Å². The Morgan fingerprint density at radius 3 is 2.38 bits per heavy atom. The van der Waals surface area contributed by atoms with Crippen LogP contribution >= 0.6 is 0 Å². The summed E-state index contributed by atoms with van der Waals surface area (Å²) in [6, 6.07) is 12.3. The SMILES string of the molecule is Cc1ccc(C(=O)N[C@H](C)c2cccc(NS(C)(=O)=O)c2)cc1C. The average Bonchev–Trinajstić information content (AvgIpc) is 2.48. The second-order valence-corrected chi connectivity index (χ2v) is 7.74. The van der Waals surface area contributed by atoms with Crippen molar-refractivity contribution in [3.8, 4) is 0 Å². The normalized spacial score (nSPS) is 12.5. The third-order valence-corrected chi connectivity index (χ3v) is 4.41. The molecule has 0 saturated carbocycles. The molecule has 0 fully saturated rings. The van der Waals surface area contributed by atoms with E-state index >= 15 is 0 Å². The van der Waals surface area contributed by atoms with Crippen molar-refractivity contribution in [2.24, 2.45) is 0 Å². The molecule has 2 aromatic carbocycles. The number of sulfonamides is 1. The molecule has 0 heterocycles. The maximum Gasteiger partial charge on any atom is 0.251 e. The number of anilines is 1. The highest BCUT2D eigenvalue weighted by Crippen LogP contribution is 2.19. The van der Waals surface area contributed by atoms with Gasteiger partial charge in [0.05, 0.1) is 12.3 Å². The minimum Gasteiger partial charge on any atom is -0.346 e. The number of nitrogens with one attached hydrogen (secondary N) is 2. The highest BCUT2D eigenvalue weighted by Gasteiger charge is 2.13. The van der Waals surface area contributed by atoms with Gasteiger partial charge in [-0.1, -0.05) is 18.2 Å². The topological polar surface area (TPSA) is 75.3 Å². The van der Waals surface area contributed by atoms with Gasteiger partial charge in [-0.25, -0.2) is 8.42 Å². The van der Waals surface area contributed by atoms with Crippen LogP contribution in [0, 0.1) is 13.8 Å². The summed E-state index contributed by atoms with van der Waals surface area (Å²) in [5.74, 6) is -0.160. The Hall–Kier alpha value is -2.34. The highest BCUT2D eigenvalue weighted by molar-refractivity contribution is 7.92. The molecule has 0 aliphatic rings. The summed E-state index contributed by atoms with van der Waals surface area (Å²) in [4.78, 5) is 12.4. The molecule has 2 rings (SSSR count). The van der Waals surface area contributed by atoms with Crippen LogP contribution in [0.1, 0.15) is 40.0 Å². The second-order valence-electron chi connectivity index (χ2n) is 5.99. The van der Waals surface area contributed by atoms with Crippen molar-refractivity contribution in [1.82, 2.24) is 5.32 Å². The van der Waals surface area contributed by atoms with Gasteiger partial charge in [-0.15, -0.1) is 0 Å². The monoisotopic (exact) mass is 346 g/mol. The number of amides is 1. The molecule has 24 heavy (non-hydrogen) atoms. The molecule has 0 aromatic heterocycles. The fraction of sp³-hybridized carbons (Fsp3) is 0.278. The molecule has 1 atom stereocenters. The smallest absolute Gasteiger partial charge is 0.251 e. The Labute approximate surface area is 143 Å². The molecule has 2 aromatic rings. The summed E-state index contributed by atoms with van der Waals surface area (Å²) in [6.07, 6.45) is 1.10. The Morgan fingerprint density at radius 2 is 1.75 bits per heavy atom. The van der Waals surface area contributed by atoms with Crippen LogP contribution in [0.25, 0.3) is 0 Å². The first-order chi connectivity index (χ1) is 11.2. The van der Waals surface area contributed by atoms with Crippen molar-refractivity contribution in [3.05, 3.63) is 64.7 Å². The summed E-state index contributed by atoms with van der Waals surface area (Å²) < 4.78 is 25.1. The van der Waals surface area contributed by atoms with Crippen molar-refractivity contribution < 1.29 is 13.2 Å². The summed E-state index contributed by atoms with van der Waals surface area (Å²) in [5, 5.41) is 2.93. The zero-order valence-corrected chi connectivity index (χ0v) is 15.1. The molecule has 0 radical (unpaired) electrons. The number of rotatable bonds is 5. The van der Waals surface area contributed by atoms with E-state index in [9.17, 15) is 13.2 Å². The summed E-state index contributed by atoms with van der Waals surface area (Å²) >= 11 is 0. The van der Waals surface area contributed by atoms with Crippen LogP contribution < -0.4 is 10.0 Å². The molecule has 0 aliphatic heterocycles. The van der Waals surface area contributed by atoms with Crippen molar-refractivity contribution in [2.75, 3.05) is 11.0 Å². The Morgan fingerprint density at radius 1 is 1.04 bits per heavy atom. The van der Waals surface area contributed by atoms with Crippen LogP contribution in [0.5, 0.6) is 0 Å². The maximum atomic E-state index is 12.4. The molecule has 1 amide bonds. The molecule has 0 bridgehead atoms. The molecule has 0 saturated heterocycles. The highest BCUT2D eigenvalue weighted by atomic mass is 32.2. The molecular formula is C18H22N2O3S. The van der Waals surface area contributed by atoms with Crippen LogP contribution in [-0.4, -0.2) is 20.6 Å². The van der Waals surface area contributed by atoms with E-state index in [1.807, 2.05) is 39.0 Å². The molecule has 6 heteroatoms. The van der Waals surface area contributed by atoms with Gasteiger partial charge in [-0.05, 0) is 61.7 Å². The van der Waals surface area contributed by atoms with Crippen molar-refractivity contribution >= 4 is 21.6 Å². The lowest BCUT2D eigenvalue weighted by Gasteiger charge is -2.16. The van der Waals surface area contributed by atoms with Gasteiger partial charge >= 0.3 is 0 Å². The van der Waals surface area contributed by atoms with Gasteiger partial charge in [0.2, 0.25) is 10.0 Å². The van der Waals surface area contributed by atoms with E-state index in [0.29, 0.717) is 11.3 Å². The van der Waals surface area contributed by atoms with Crippen molar-refractivity contribution in [3.63, 3.8) is 0 Å². The second kappa shape index (κ2) is 7.05. The van der Waals surface area contributed by atoms with E-state index in [0.717, 1.165) is 22.9 Å². The molecule has 0 unspecified atom stereocenters. The third kappa shape index (κ3) is 4.83. The lowest BCUT2D eigenvalue weighted by molar-refractivity contribution is 0.0940. The zero-order chi connectivity index (χ0) is 17.9. The zero-order valence-electron chi connectivity index (χ0n) is 14.3. The lowest BCUT2D eigenvalue weighted by atomic mass is 10.0. The van der Waals surface area contributed by atoms with Crippen LogP contribution in [0.3, 0.4) is 0 Å². The first-order valence-electron chi connectivity index (χ1n) is 7.61. The first-order valence-corrected chi connectivity index (χ1v) is 9.51. The van der Waals surface area contributed by atoms with Gasteiger partial charge in [0.15, 0.2) is 0 Å². The minimum absolute atomic E-state index is 0.160. The van der Waals surface area contributed by atoms with Crippen molar-refractivity contribution in [2.45, 2.75) is 26.8 Å². The molecule has 0 spiro atoms. The Kier molecular flexibility index (Phi) is 5.29. The number of hydrogen-bond acceptors (Lipinski definition) is 3. The van der Waals surface area contributed by atoms with Gasteiger partial charge in [-0.2, -0.15) is 0 Å². The van der Waals surface area contributed by atoms with E-state index in [4.69, 9.17) is 0 Å². The fourth-order valence-electron chi connectivity index (χ4n) is 2.33. The van der Waals surface area contributed by atoms with Gasteiger partial charge < -0.3 is 5.32 Å². The lowest BCUT2D eigenvalue weighted by Crippen LogP contribution is -2.26. The number of hydrogen-bond donors (Lipinski definition) is 2. The van der Waals surface area contributed by atoms with Gasteiger partial charge in [-0.3, -0.25) is 9.52 Å². The van der Waals surface area contributed by atoms with Gasteiger partial charge in [0, 0.05) is 11.3 Å². The summed E-state index contributed by atoms with van der Waals surface area (Å²) in [7, 11) is -3.33. The predicted octanol–water partition coefficient (Wildman–Crippen LogP) is 3.17. The fourth-order valence-corrected chi connectivity index (χ4v) is 2.89. The van der Waals surface area contributed by atoms with Gasteiger partial charge in [0.25, 0.3) is 5.91 Å². The van der Waals surface area contributed by atoms with Crippen LogP contribution in [0.4, 0.5) is 5.69 Å². The summed E-state index contributed by atoms with van der Waals surface area (Å²) in [6.45, 7) is 5.83. The Bertz CT molecular complexity index is 860. The van der Waals surface area contributed by atoms with Crippen molar-refractivity contribution in [1.29, 1.82) is 0 Å². The first kappa shape index (κ1) is 18.0. The van der Waals surface area contributed by atoms with Crippen LogP contribution in [0.15, 0.2) is 42.5 Å². The number of carbonyl (C=O) groups excluding carboxylic acids is 1. The number of benzene rings is 2. The van der Waals surface area contributed by atoms with Gasteiger partial charge in [0.1, 0.15) is 0 Å². The molecule has 2 N–H and O–H groups in total. The largest absolute Gasteiger partial charge is 0.346 e. The quantitative estimate of drug-likeness (QED) is 0.873. The van der Waals surface area contributed by atoms with E-state index in [1.54, 1.807) is 24.3 Å². The van der Waals surface area contributed by atoms with Crippen LogP contribution in [-0.2, 0) is 10.0 Å². The standard InChI is InChI=1S/C18H22N2O3S/c1-12-8-9-16(10-13(12)2)18(21)19-14(3)15-6-5-7-17(11-15)20-24(4,22)23/h5-11,14,20H,1-4H3,(H,19,21)/t14-/m1/s1. The summed E-state index contributed by atoms with van der Waals surface area (Å²) in [5.41, 5.74) is 4.10. The maximum absolute atomic E-state index is 12.4. The molecule has 128 valence electrons. The Balaban J connectivity index is 2.14. The minimum atomic E-state index is -3.33. The molecule has 0 aliphatic carbocycles. The van der Waals surface area contributed by atoms with Crippen LogP contribution in [0.2, 0.25) is 0 Å².